The van der Waals surface area contributed by atoms with Gasteiger partial charge in [0, 0.05) is 18.8 Å². The smallest absolute Gasteiger partial charge is 0.319 e. The Kier molecular flexibility index (Phi) is 5.49. The number of aryl methyl sites for hydroxylation is 1. The van der Waals surface area contributed by atoms with Gasteiger partial charge in [0.1, 0.15) is 0 Å². The molecule has 0 bridgehead atoms. The highest BCUT2D eigenvalue weighted by molar-refractivity contribution is 7.05. The number of morpholine rings is 1. The maximum absolute atomic E-state index is 12.1. The number of nitrogens with one attached hydrogen (secondary N) is 2. The number of hydrogen-bond acceptors (Lipinski definition) is 6. The van der Waals surface area contributed by atoms with Gasteiger partial charge in [0.05, 0.1) is 41.0 Å². The second-order valence-corrected chi connectivity index (χ2v) is 6.60. The molecule has 2 heterocycles. The summed E-state index contributed by atoms with van der Waals surface area (Å²) in [4.78, 5) is 15.2. The SMILES string of the molecule is Cc1nnsc1CNC(=O)Nc1cc(N2CCOCC2)ccc1Cl. The van der Waals surface area contributed by atoms with Crippen LogP contribution in [0.2, 0.25) is 5.02 Å². The molecule has 0 saturated carbocycles. The number of ether oxygens (including phenoxy) is 1. The molecule has 2 N–H and O–H groups in total. The molecule has 9 heteroatoms. The summed E-state index contributed by atoms with van der Waals surface area (Å²) in [7, 11) is 0. The minimum Gasteiger partial charge on any atom is -0.378 e. The van der Waals surface area contributed by atoms with Crippen LogP contribution >= 0.6 is 23.1 Å². The van der Waals surface area contributed by atoms with Crippen LogP contribution in [0.4, 0.5) is 16.2 Å². The van der Waals surface area contributed by atoms with E-state index < -0.39 is 0 Å². The van der Waals surface area contributed by atoms with Gasteiger partial charge in [-0.25, -0.2) is 4.79 Å². The molecule has 0 unspecified atom stereocenters. The van der Waals surface area contributed by atoms with Gasteiger partial charge in [0.2, 0.25) is 0 Å². The van der Waals surface area contributed by atoms with Crippen molar-refractivity contribution < 1.29 is 9.53 Å². The van der Waals surface area contributed by atoms with E-state index in [1.54, 1.807) is 6.07 Å². The summed E-state index contributed by atoms with van der Waals surface area (Å²) >= 11 is 7.47. The van der Waals surface area contributed by atoms with Gasteiger partial charge >= 0.3 is 6.03 Å². The lowest BCUT2D eigenvalue weighted by molar-refractivity contribution is 0.122. The van der Waals surface area contributed by atoms with E-state index in [1.807, 2.05) is 19.1 Å². The second-order valence-electron chi connectivity index (χ2n) is 5.35. The molecule has 1 saturated heterocycles. The van der Waals surface area contributed by atoms with E-state index in [9.17, 15) is 4.79 Å². The summed E-state index contributed by atoms with van der Waals surface area (Å²) in [5.41, 5.74) is 2.42. The monoisotopic (exact) mass is 367 g/mol. The fraction of sp³-hybridized carbons (Fsp3) is 0.400. The molecule has 1 aromatic carbocycles. The highest BCUT2D eigenvalue weighted by Crippen LogP contribution is 2.28. The van der Waals surface area contributed by atoms with Crippen LogP contribution in [0, 0.1) is 6.92 Å². The first kappa shape index (κ1) is 16.9. The molecule has 0 atom stereocenters. The van der Waals surface area contributed by atoms with Crippen molar-refractivity contribution >= 4 is 40.5 Å². The molecule has 1 aliphatic heterocycles. The fourth-order valence-corrected chi connectivity index (χ4v) is 3.10. The molecule has 24 heavy (non-hydrogen) atoms. The van der Waals surface area contributed by atoms with Crippen molar-refractivity contribution in [3.63, 3.8) is 0 Å². The van der Waals surface area contributed by atoms with Gasteiger partial charge < -0.3 is 20.3 Å². The average molecular weight is 368 g/mol. The van der Waals surface area contributed by atoms with Crippen molar-refractivity contribution in [1.82, 2.24) is 14.9 Å². The number of aromatic nitrogens is 2. The molecule has 2 amide bonds. The van der Waals surface area contributed by atoms with Crippen molar-refractivity contribution in [3.8, 4) is 0 Å². The Hall–Kier alpha value is -1.90. The maximum atomic E-state index is 12.1. The molecule has 1 aliphatic rings. The van der Waals surface area contributed by atoms with Gasteiger partial charge in [-0.3, -0.25) is 0 Å². The Bertz CT molecular complexity index is 718. The van der Waals surface area contributed by atoms with Crippen LogP contribution in [-0.2, 0) is 11.3 Å². The zero-order valence-corrected chi connectivity index (χ0v) is 14.8. The molecule has 2 aromatic rings. The number of anilines is 2. The van der Waals surface area contributed by atoms with E-state index in [4.69, 9.17) is 16.3 Å². The Labute approximate surface area is 149 Å². The minimum atomic E-state index is -0.316. The molecule has 0 aliphatic carbocycles. The normalized spacial score (nSPS) is 14.5. The molecule has 3 rings (SSSR count). The minimum absolute atomic E-state index is 0.316. The van der Waals surface area contributed by atoms with Gasteiger partial charge in [-0.2, -0.15) is 0 Å². The Morgan fingerprint density at radius 1 is 1.42 bits per heavy atom. The maximum Gasteiger partial charge on any atom is 0.319 e. The van der Waals surface area contributed by atoms with Crippen LogP contribution in [0.15, 0.2) is 18.2 Å². The first-order chi connectivity index (χ1) is 11.6. The van der Waals surface area contributed by atoms with Gasteiger partial charge in [-0.05, 0) is 36.7 Å². The third kappa shape index (κ3) is 4.14. The van der Waals surface area contributed by atoms with Crippen LogP contribution in [0.1, 0.15) is 10.6 Å². The van der Waals surface area contributed by atoms with Crippen molar-refractivity contribution in [2.45, 2.75) is 13.5 Å². The van der Waals surface area contributed by atoms with E-state index in [1.165, 1.54) is 11.5 Å². The number of carbonyl (C=O) groups is 1. The zero-order chi connectivity index (χ0) is 16.9. The number of benzene rings is 1. The van der Waals surface area contributed by atoms with Crippen LogP contribution < -0.4 is 15.5 Å². The number of rotatable bonds is 4. The standard InChI is InChI=1S/C15H18ClN5O2S/c1-10-14(24-20-19-10)9-17-15(22)18-13-8-11(2-3-12(13)16)21-4-6-23-7-5-21/h2-3,8H,4-7,9H2,1H3,(H2,17,18,22). The van der Waals surface area contributed by atoms with Gasteiger partial charge in [0.25, 0.3) is 0 Å². The average Bonchev–Trinajstić information content (AvgIpc) is 3.01. The first-order valence-corrected chi connectivity index (χ1v) is 8.73. The van der Waals surface area contributed by atoms with Gasteiger partial charge in [-0.1, -0.05) is 16.1 Å². The van der Waals surface area contributed by atoms with Gasteiger partial charge in [0.15, 0.2) is 0 Å². The fourth-order valence-electron chi connectivity index (χ4n) is 2.37. The zero-order valence-electron chi connectivity index (χ0n) is 13.2. The summed E-state index contributed by atoms with van der Waals surface area (Å²) in [6, 6.07) is 5.30. The number of carbonyl (C=O) groups excluding carboxylic acids is 1. The van der Waals surface area contributed by atoms with E-state index in [0.717, 1.165) is 29.3 Å². The van der Waals surface area contributed by atoms with Crippen molar-refractivity contribution in [3.05, 3.63) is 33.8 Å². The summed E-state index contributed by atoms with van der Waals surface area (Å²) in [5, 5.41) is 10.00. The molecule has 1 fully saturated rings. The van der Waals surface area contributed by atoms with E-state index in [0.29, 0.717) is 30.5 Å². The molecule has 0 radical (unpaired) electrons. The lowest BCUT2D eigenvalue weighted by atomic mass is 10.2. The van der Waals surface area contributed by atoms with Crippen molar-refractivity contribution in [1.29, 1.82) is 0 Å². The quantitative estimate of drug-likeness (QED) is 0.868. The first-order valence-electron chi connectivity index (χ1n) is 7.58. The third-order valence-electron chi connectivity index (χ3n) is 3.73. The Morgan fingerprint density at radius 2 is 2.21 bits per heavy atom. The van der Waals surface area contributed by atoms with Crippen LogP contribution in [0.25, 0.3) is 0 Å². The molecule has 7 nitrogen and oxygen atoms in total. The summed E-state index contributed by atoms with van der Waals surface area (Å²) in [6.45, 7) is 5.30. The van der Waals surface area contributed by atoms with E-state index >= 15 is 0 Å². The highest BCUT2D eigenvalue weighted by atomic mass is 35.5. The highest BCUT2D eigenvalue weighted by Gasteiger charge is 2.14. The number of hydrogen-bond donors (Lipinski definition) is 2. The van der Waals surface area contributed by atoms with Crippen LogP contribution in [0.5, 0.6) is 0 Å². The number of urea groups is 1. The van der Waals surface area contributed by atoms with E-state index in [-0.39, 0.29) is 6.03 Å². The Morgan fingerprint density at radius 3 is 2.92 bits per heavy atom. The second kappa shape index (κ2) is 7.78. The molecule has 1 aromatic heterocycles. The summed E-state index contributed by atoms with van der Waals surface area (Å²) in [5.74, 6) is 0. The number of nitrogens with zero attached hydrogens (tertiary/aromatic N) is 3. The molecule has 128 valence electrons. The van der Waals surface area contributed by atoms with E-state index in [2.05, 4.69) is 25.1 Å². The number of halogens is 1. The topological polar surface area (TPSA) is 79.4 Å². The van der Waals surface area contributed by atoms with Crippen LogP contribution in [0.3, 0.4) is 0 Å². The molecular formula is C15H18ClN5O2S. The van der Waals surface area contributed by atoms with Crippen molar-refractivity contribution in [2.75, 3.05) is 36.5 Å². The summed E-state index contributed by atoms with van der Waals surface area (Å²) < 4.78 is 9.20. The number of amides is 2. The van der Waals surface area contributed by atoms with Crippen LogP contribution in [-0.4, -0.2) is 41.9 Å². The lowest BCUT2D eigenvalue weighted by Crippen LogP contribution is -2.36. The van der Waals surface area contributed by atoms with Gasteiger partial charge in [-0.15, -0.1) is 5.10 Å². The summed E-state index contributed by atoms with van der Waals surface area (Å²) in [6.07, 6.45) is 0. The predicted octanol–water partition coefficient (Wildman–Crippen LogP) is 2.66. The third-order valence-corrected chi connectivity index (χ3v) is 4.88. The lowest BCUT2D eigenvalue weighted by Gasteiger charge is -2.29. The molecular weight excluding hydrogens is 350 g/mol. The largest absolute Gasteiger partial charge is 0.378 e. The Balaban J connectivity index is 1.63. The predicted molar refractivity (Wildman–Crippen MR) is 95.0 cm³/mol. The molecule has 0 spiro atoms. The van der Waals surface area contributed by atoms with Crippen molar-refractivity contribution in [2.24, 2.45) is 0 Å².